The number of pyridine rings is 1. The van der Waals surface area contributed by atoms with E-state index in [9.17, 15) is 4.79 Å². The van der Waals surface area contributed by atoms with E-state index in [1.165, 1.54) is 6.20 Å². The molecule has 1 amide bonds. The molecular formula is C19H14Cl2N2O2. The molecule has 0 aliphatic rings. The van der Waals surface area contributed by atoms with Crippen molar-refractivity contribution in [1.82, 2.24) is 4.98 Å². The number of nitrogens with one attached hydrogen (secondary N) is 1. The molecule has 0 saturated heterocycles. The van der Waals surface area contributed by atoms with Gasteiger partial charge in [0.1, 0.15) is 12.4 Å². The summed E-state index contributed by atoms with van der Waals surface area (Å²) in [4.78, 5) is 16.3. The first-order valence-corrected chi connectivity index (χ1v) is 8.26. The van der Waals surface area contributed by atoms with Crippen LogP contribution < -0.4 is 10.1 Å². The van der Waals surface area contributed by atoms with Crippen molar-refractivity contribution in [1.29, 1.82) is 0 Å². The molecule has 0 fully saturated rings. The van der Waals surface area contributed by atoms with Crippen LogP contribution in [-0.2, 0) is 6.61 Å². The van der Waals surface area contributed by atoms with Gasteiger partial charge >= 0.3 is 0 Å². The normalized spacial score (nSPS) is 10.3. The number of rotatable bonds is 5. The third kappa shape index (κ3) is 4.50. The SMILES string of the molecule is O=C(Nc1ccccc1COc1cc(Cl)ccc1Cl)c1cccnc1. The van der Waals surface area contributed by atoms with Gasteiger partial charge in [0.25, 0.3) is 5.91 Å². The monoisotopic (exact) mass is 372 g/mol. The van der Waals surface area contributed by atoms with Crippen LogP contribution in [0, 0.1) is 0 Å². The van der Waals surface area contributed by atoms with Crippen LogP contribution in [0.3, 0.4) is 0 Å². The zero-order valence-electron chi connectivity index (χ0n) is 13.1. The second-order valence-corrected chi connectivity index (χ2v) is 6.06. The molecule has 0 radical (unpaired) electrons. The Hall–Kier alpha value is -2.56. The first-order valence-electron chi connectivity index (χ1n) is 7.50. The fraction of sp³-hybridized carbons (Fsp3) is 0.0526. The topological polar surface area (TPSA) is 51.2 Å². The molecule has 1 aromatic heterocycles. The summed E-state index contributed by atoms with van der Waals surface area (Å²) >= 11 is 12.1. The molecule has 0 aliphatic heterocycles. The molecule has 0 spiro atoms. The van der Waals surface area contributed by atoms with Crippen LogP contribution in [0.5, 0.6) is 5.75 Å². The van der Waals surface area contributed by atoms with Crippen molar-refractivity contribution < 1.29 is 9.53 Å². The van der Waals surface area contributed by atoms with E-state index in [2.05, 4.69) is 10.3 Å². The molecule has 2 aromatic carbocycles. The number of para-hydroxylation sites is 1. The highest BCUT2D eigenvalue weighted by Crippen LogP contribution is 2.29. The van der Waals surface area contributed by atoms with Crippen molar-refractivity contribution in [2.75, 3.05) is 5.32 Å². The molecule has 0 atom stereocenters. The van der Waals surface area contributed by atoms with Crippen LogP contribution in [0.4, 0.5) is 5.69 Å². The van der Waals surface area contributed by atoms with Crippen molar-refractivity contribution in [3.05, 3.63) is 88.2 Å². The van der Waals surface area contributed by atoms with E-state index in [1.807, 2.05) is 24.3 Å². The van der Waals surface area contributed by atoms with E-state index < -0.39 is 0 Å². The molecular weight excluding hydrogens is 359 g/mol. The summed E-state index contributed by atoms with van der Waals surface area (Å²) in [7, 11) is 0. The third-order valence-corrected chi connectivity index (χ3v) is 4.01. The number of nitrogens with zero attached hydrogens (tertiary/aromatic N) is 1. The number of anilines is 1. The lowest BCUT2D eigenvalue weighted by Crippen LogP contribution is -2.14. The van der Waals surface area contributed by atoms with Gasteiger partial charge in [-0.25, -0.2) is 0 Å². The summed E-state index contributed by atoms with van der Waals surface area (Å²) in [6.45, 7) is 0.240. The Balaban J connectivity index is 1.75. The molecule has 3 rings (SSSR count). The number of carbonyl (C=O) groups is 1. The number of amides is 1. The largest absolute Gasteiger partial charge is 0.487 e. The lowest BCUT2D eigenvalue weighted by molar-refractivity contribution is 0.102. The molecule has 3 aromatic rings. The summed E-state index contributed by atoms with van der Waals surface area (Å²) in [6, 6.07) is 15.8. The Bertz CT molecular complexity index is 886. The fourth-order valence-electron chi connectivity index (χ4n) is 2.20. The van der Waals surface area contributed by atoms with Gasteiger partial charge in [-0.05, 0) is 30.3 Å². The Morgan fingerprint density at radius 1 is 1.08 bits per heavy atom. The van der Waals surface area contributed by atoms with Crippen LogP contribution in [0.1, 0.15) is 15.9 Å². The molecule has 126 valence electrons. The lowest BCUT2D eigenvalue weighted by Gasteiger charge is -2.13. The maximum Gasteiger partial charge on any atom is 0.257 e. The van der Waals surface area contributed by atoms with Gasteiger partial charge in [-0.3, -0.25) is 9.78 Å². The summed E-state index contributed by atoms with van der Waals surface area (Å²) in [5.74, 6) is 0.254. The van der Waals surface area contributed by atoms with Gasteiger partial charge in [0, 0.05) is 34.7 Å². The predicted molar refractivity (Wildman–Crippen MR) is 99.4 cm³/mol. The quantitative estimate of drug-likeness (QED) is 0.667. The molecule has 0 bridgehead atoms. The molecule has 0 saturated carbocycles. The zero-order chi connectivity index (χ0) is 17.6. The number of carbonyl (C=O) groups excluding carboxylic acids is 1. The molecule has 4 nitrogen and oxygen atoms in total. The van der Waals surface area contributed by atoms with Crippen molar-refractivity contribution in [2.24, 2.45) is 0 Å². The van der Waals surface area contributed by atoms with E-state index in [4.69, 9.17) is 27.9 Å². The van der Waals surface area contributed by atoms with Crippen LogP contribution >= 0.6 is 23.2 Å². The Labute approximate surface area is 155 Å². The van der Waals surface area contributed by atoms with Crippen LogP contribution in [0.25, 0.3) is 0 Å². The standard InChI is InChI=1S/C19H14Cl2N2O2/c20-15-7-8-16(21)18(10-15)25-12-14-4-1-2-6-17(14)23-19(24)13-5-3-9-22-11-13/h1-11H,12H2,(H,23,24). The summed E-state index contributed by atoms with van der Waals surface area (Å²) in [5.41, 5.74) is 1.96. The van der Waals surface area contributed by atoms with E-state index in [0.29, 0.717) is 27.0 Å². The van der Waals surface area contributed by atoms with Gasteiger partial charge in [0.05, 0.1) is 10.6 Å². The Kier molecular flexibility index (Phi) is 5.53. The minimum Gasteiger partial charge on any atom is -0.487 e. The van der Waals surface area contributed by atoms with Gasteiger partial charge in [0.15, 0.2) is 0 Å². The van der Waals surface area contributed by atoms with Crippen LogP contribution in [-0.4, -0.2) is 10.9 Å². The van der Waals surface area contributed by atoms with E-state index in [1.54, 1.807) is 36.5 Å². The average molecular weight is 373 g/mol. The van der Waals surface area contributed by atoms with Crippen molar-refractivity contribution in [2.45, 2.75) is 6.61 Å². The summed E-state index contributed by atoms with van der Waals surface area (Å²) < 4.78 is 5.75. The van der Waals surface area contributed by atoms with Gasteiger partial charge in [-0.15, -0.1) is 0 Å². The Morgan fingerprint density at radius 2 is 1.92 bits per heavy atom. The highest BCUT2D eigenvalue weighted by molar-refractivity contribution is 6.34. The number of ether oxygens (including phenoxy) is 1. The Morgan fingerprint density at radius 3 is 2.72 bits per heavy atom. The van der Waals surface area contributed by atoms with Crippen LogP contribution in [0.2, 0.25) is 10.0 Å². The first-order chi connectivity index (χ1) is 12.1. The van der Waals surface area contributed by atoms with Gasteiger partial charge < -0.3 is 10.1 Å². The zero-order valence-corrected chi connectivity index (χ0v) is 14.6. The molecule has 1 heterocycles. The predicted octanol–water partition coefficient (Wildman–Crippen LogP) is 5.22. The first kappa shape index (κ1) is 17.3. The number of hydrogen-bond donors (Lipinski definition) is 1. The number of benzene rings is 2. The van der Waals surface area contributed by atoms with E-state index >= 15 is 0 Å². The molecule has 0 unspecified atom stereocenters. The van der Waals surface area contributed by atoms with E-state index in [0.717, 1.165) is 5.56 Å². The summed E-state index contributed by atoms with van der Waals surface area (Å²) in [5, 5.41) is 3.88. The number of halogens is 2. The fourth-order valence-corrected chi connectivity index (χ4v) is 2.54. The second kappa shape index (κ2) is 8.01. The van der Waals surface area contributed by atoms with Crippen molar-refractivity contribution in [3.8, 4) is 5.75 Å². The van der Waals surface area contributed by atoms with Gasteiger partial charge in [-0.1, -0.05) is 41.4 Å². The van der Waals surface area contributed by atoms with Gasteiger partial charge in [-0.2, -0.15) is 0 Å². The molecule has 0 aliphatic carbocycles. The molecule has 6 heteroatoms. The van der Waals surface area contributed by atoms with Crippen LogP contribution in [0.15, 0.2) is 67.0 Å². The lowest BCUT2D eigenvalue weighted by atomic mass is 10.1. The number of hydrogen-bond acceptors (Lipinski definition) is 3. The van der Waals surface area contributed by atoms with E-state index in [-0.39, 0.29) is 12.5 Å². The second-order valence-electron chi connectivity index (χ2n) is 5.22. The number of aromatic nitrogens is 1. The maximum atomic E-state index is 12.3. The highest BCUT2D eigenvalue weighted by Gasteiger charge is 2.10. The third-order valence-electron chi connectivity index (χ3n) is 3.47. The minimum atomic E-state index is -0.235. The van der Waals surface area contributed by atoms with Gasteiger partial charge in [0.2, 0.25) is 0 Å². The van der Waals surface area contributed by atoms with Crippen molar-refractivity contribution >= 4 is 34.8 Å². The smallest absolute Gasteiger partial charge is 0.257 e. The molecule has 25 heavy (non-hydrogen) atoms. The van der Waals surface area contributed by atoms with Crippen molar-refractivity contribution in [3.63, 3.8) is 0 Å². The molecule has 1 N–H and O–H groups in total. The summed E-state index contributed by atoms with van der Waals surface area (Å²) in [6.07, 6.45) is 3.13. The minimum absolute atomic E-state index is 0.235. The maximum absolute atomic E-state index is 12.3. The highest BCUT2D eigenvalue weighted by atomic mass is 35.5. The average Bonchev–Trinajstić information content (AvgIpc) is 2.64.